The third-order valence-electron chi connectivity index (χ3n) is 2.16. The molecule has 80 valence electrons. The smallest absolute Gasteiger partial charge is 0.318 e. The van der Waals surface area contributed by atoms with Gasteiger partial charge >= 0.3 is 11.9 Å². The maximum atomic E-state index is 10.6. The molecule has 0 atom stereocenters. The molecule has 4 heteroatoms. The SMILES string of the molecule is Cc1ccc(CC(C(=O)O)C(=O)O)cc1. The van der Waals surface area contributed by atoms with Crippen molar-refractivity contribution in [3.05, 3.63) is 35.4 Å². The Hall–Kier alpha value is -1.84. The highest BCUT2D eigenvalue weighted by Crippen LogP contribution is 2.10. The fraction of sp³-hybridized carbons (Fsp3) is 0.273. The Balaban J connectivity index is 2.79. The summed E-state index contributed by atoms with van der Waals surface area (Å²) in [5, 5.41) is 17.4. The zero-order chi connectivity index (χ0) is 11.4. The summed E-state index contributed by atoms with van der Waals surface area (Å²) in [5.41, 5.74) is 1.77. The fourth-order valence-corrected chi connectivity index (χ4v) is 1.24. The molecule has 0 spiro atoms. The van der Waals surface area contributed by atoms with Crippen LogP contribution in [0, 0.1) is 12.8 Å². The summed E-state index contributed by atoms with van der Waals surface area (Å²) < 4.78 is 0. The summed E-state index contributed by atoms with van der Waals surface area (Å²) in [4.78, 5) is 21.3. The van der Waals surface area contributed by atoms with Gasteiger partial charge in [0.25, 0.3) is 0 Å². The molecule has 0 saturated heterocycles. The second-order valence-electron chi connectivity index (χ2n) is 3.42. The minimum absolute atomic E-state index is 0.0188. The maximum absolute atomic E-state index is 10.6. The molecule has 0 aromatic heterocycles. The molecule has 1 aromatic rings. The van der Waals surface area contributed by atoms with E-state index >= 15 is 0 Å². The molecule has 0 fully saturated rings. The van der Waals surface area contributed by atoms with Crippen LogP contribution in [-0.4, -0.2) is 22.2 Å². The maximum Gasteiger partial charge on any atom is 0.318 e. The van der Waals surface area contributed by atoms with E-state index in [1.54, 1.807) is 12.1 Å². The summed E-state index contributed by atoms with van der Waals surface area (Å²) in [6.45, 7) is 1.91. The average Bonchev–Trinajstić information content (AvgIpc) is 2.15. The lowest BCUT2D eigenvalue weighted by Gasteiger charge is -2.07. The predicted molar refractivity (Wildman–Crippen MR) is 53.6 cm³/mol. The van der Waals surface area contributed by atoms with E-state index in [-0.39, 0.29) is 6.42 Å². The zero-order valence-electron chi connectivity index (χ0n) is 8.30. The number of carbonyl (C=O) groups is 2. The van der Waals surface area contributed by atoms with Crippen molar-refractivity contribution in [1.82, 2.24) is 0 Å². The van der Waals surface area contributed by atoms with Crippen LogP contribution in [0.4, 0.5) is 0 Å². The average molecular weight is 208 g/mol. The molecular weight excluding hydrogens is 196 g/mol. The van der Waals surface area contributed by atoms with Crippen LogP contribution in [0.25, 0.3) is 0 Å². The Morgan fingerprint density at radius 2 is 1.60 bits per heavy atom. The second-order valence-corrected chi connectivity index (χ2v) is 3.42. The molecule has 0 heterocycles. The summed E-state index contributed by atoms with van der Waals surface area (Å²) in [5.74, 6) is -3.97. The lowest BCUT2D eigenvalue weighted by atomic mass is 9.99. The quantitative estimate of drug-likeness (QED) is 0.732. The first kappa shape index (κ1) is 11.2. The van der Waals surface area contributed by atoms with Crippen molar-refractivity contribution in [2.24, 2.45) is 5.92 Å². The lowest BCUT2D eigenvalue weighted by molar-refractivity contribution is -0.154. The predicted octanol–water partition coefficient (Wildman–Crippen LogP) is 1.32. The van der Waals surface area contributed by atoms with Gasteiger partial charge in [0.15, 0.2) is 5.92 Å². The number of aliphatic carboxylic acids is 2. The Labute approximate surface area is 87.2 Å². The second kappa shape index (κ2) is 4.59. The molecule has 4 nitrogen and oxygen atoms in total. The van der Waals surface area contributed by atoms with E-state index in [0.717, 1.165) is 11.1 Å². The van der Waals surface area contributed by atoms with E-state index in [1.807, 2.05) is 19.1 Å². The molecular formula is C11H12O4. The number of aryl methyl sites for hydroxylation is 1. The van der Waals surface area contributed by atoms with E-state index < -0.39 is 17.9 Å². The van der Waals surface area contributed by atoms with Gasteiger partial charge in [0.1, 0.15) is 0 Å². The number of hydrogen-bond acceptors (Lipinski definition) is 2. The number of rotatable bonds is 4. The van der Waals surface area contributed by atoms with Crippen LogP contribution >= 0.6 is 0 Å². The minimum Gasteiger partial charge on any atom is -0.481 e. The molecule has 2 N–H and O–H groups in total. The molecule has 1 rings (SSSR count). The van der Waals surface area contributed by atoms with Gasteiger partial charge in [-0.1, -0.05) is 29.8 Å². The van der Waals surface area contributed by atoms with Gasteiger partial charge in [-0.2, -0.15) is 0 Å². The normalized spacial score (nSPS) is 10.3. The fourth-order valence-electron chi connectivity index (χ4n) is 1.24. The Morgan fingerprint density at radius 3 is 2.00 bits per heavy atom. The molecule has 0 aliphatic carbocycles. The monoisotopic (exact) mass is 208 g/mol. The highest BCUT2D eigenvalue weighted by atomic mass is 16.4. The van der Waals surface area contributed by atoms with Crippen molar-refractivity contribution < 1.29 is 19.8 Å². The van der Waals surface area contributed by atoms with Crippen LogP contribution in [0.3, 0.4) is 0 Å². The summed E-state index contributed by atoms with van der Waals surface area (Å²) in [6.07, 6.45) is 0.0188. The molecule has 0 aliphatic rings. The van der Waals surface area contributed by atoms with Gasteiger partial charge in [-0.15, -0.1) is 0 Å². The van der Waals surface area contributed by atoms with Crippen molar-refractivity contribution in [2.45, 2.75) is 13.3 Å². The highest BCUT2D eigenvalue weighted by molar-refractivity contribution is 5.93. The van der Waals surface area contributed by atoms with Gasteiger partial charge in [-0.3, -0.25) is 9.59 Å². The number of hydrogen-bond donors (Lipinski definition) is 2. The van der Waals surface area contributed by atoms with E-state index in [2.05, 4.69) is 0 Å². The van der Waals surface area contributed by atoms with E-state index in [1.165, 1.54) is 0 Å². The lowest BCUT2D eigenvalue weighted by Crippen LogP contribution is -2.25. The molecule has 0 bridgehead atoms. The van der Waals surface area contributed by atoms with Gasteiger partial charge in [0, 0.05) is 0 Å². The molecule has 0 saturated carbocycles. The van der Waals surface area contributed by atoms with Crippen LogP contribution in [0.1, 0.15) is 11.1 Å². The zero-order valence-corrected chi connectivity index (χ0v) is 8.30. The van der Waals surface area contributed by atoms with Crippen LogP contribution < -0.4 is 0 Å². The number of benzene rings is 1. The van der Waals surface area contributed by atoms with Crippen LogP contribution in [0.2, 0.25) is 0 Å². The van der Waals surface area contributed by atoms with Crippen molar-refractivity contribution in [1.29, 1.82) is 0 Å². The van der Waals surface area contributed by atoms with Crippen LogP contribution in [0.15, 0.2) is 24.3 Å². The van der Waals surface area contributed by atoms with Gasteiger partial charge in [0.2, 0.25) is 0 Å². The third kappa shape index (κ3) is 3.09. The van der Waals surface area contributed by atoms with Crippen molar-refractivity contribution in [3.8, 4) is 0 Å². The molecule has 15 heavy (non-hydrogen) atoms. The summed E-state index contributed by atoms with van der Waals surface area (Å²) in [6, 6.07) is 7.15. The number of carboxylic acid groups (broad SMARTS) is 2. The first-order valence-electron chi connectivity index (χ1n) is 4.52. The minimum atomic E-state index is -1.37. The summed E-state index contributed by atoms with van der Waals surface area (Å²) in [7, 11) is 0. The van der Waals surface area contributed by atoms with Crippen molar-refractivity contribution in [3.63, 3.8) is 0 Å². The first-order chi connectivity index (χ1) is 7.00. The van der Waals surface area contributed by atoms with E-state index in [4.69, 9.17) is 10.2 Å². The molecule has 0 unspecified atom stereocenters. The Morgan fingerprint density at radius 1 is 1.13 bits per heavy atom. The number of carboxylic acids is 2. The van der Waals surface area contributed by atoms with Gasteiger partial charge in [-0.25, -0.2) is 0 Å². The van der Waals surface area contributed by atoms with Crippen LogP contribution in [0.5, 0.6) is 0 Å². The van der Waals surface area contributed by atoms with Gasteiger partial charge in [-0.05, 0) is 18.9 Å². The third-order valence-corrected chi connectivity index (χ3v) is 2.16. The molecule has 0 aliphatic heterocycles. The Kier molecular flexibility index (Phi) is 3.44. The topological polar surface area (TPSA) is 74.6 Å². The van der Waals surface area contributed by atoms with Crippen molar-refractivity contribution >= 4 is 11.9 Å². The molecule has 0 radical (unpaired) electrons. The Bertz CT molecular complexity index is 353. The van der Waals surface area contributed by atoms with Crippen molar-refractivity contribution in [2.75, 3.05) is 0 Å². The van der Waals surface area contributed by atoms with Crippen LogP contribution in [-0.2, 0) is 16.0 Å². The largest absolute Gasteiger partial charge is 0.481 e. The standard InChI is InChI=1S/C11H12O4/c1-7-2-4-8(5-3-7)6-9(10(12)13)11(14)15/h2-5,9H,6H2,1H3,(H,12,13)(H,14,15). The molecule has 0 amide bonds. The van der Waals surface area contributed by atoms with Gasteiger partial charge in [0.05, 0.1) is 0 Å². The van der Waals surface area contributed by atoms with E-state index in [0.29, 0.717) is 0 Å². The highest BCUT2D eigenvalue weighted by Gasteiger charge is 2.25. The van der Waals surface area contributed by atoms with Gasteiger partial charge < -0.3 is 10.2 Å². The first-order valence-corrected chi connectivity index (χ1v) is 4.52. The summed E-state index contributed by atoms with van der Waals surface area (Å²) >= 11 is 0. The molecule has 1 aromatic carbocycles. The van der Waals surface area contributed by atoms with E-state index in [9.17, 15) is 9.59 Å².